The molecule has 14 heavy (non-hydrogen) atoms. The van der Waals surface area contributed by atoms with Crippen LogP contribution in [-0.2, 0) is 4.79 Å². The van der Waals surface area contributed by atoms with E-state index in [4.69, 9.17) is 5.84 Å². The molecule has 3 N–H and O–H groups in total. The number of carbonyl (C=O) groups is 1. The summed E-state index contributed by atoms with van der Waals surface area (Å²) in [6, 6.07) is 0. The number of rotatable bonds is 9. The molecule has 0 rings (SSSR count). The van der Waals surface area contributed by atoms with Gasteiger partial charge in [-0.1, -0.05) is 51.9 Å². The van der Waals surface area contributed by atoms with E-state index in [0.29, 0.717) is 6.42 Å². The van der Waals surface area contributed by atoms with Crippen molar-refractivity contribution in [3.8, 4) is 0 Å². The summed E-state index contributed by atoms with van der Waals surface area (Å²) in [4.78, 5) is 10.7. The lowest BCUT2D eigenvalue weighted by atomic mass is 10.1. The van der Waals surface area contributed by atoms with Crippen molar-refractivity contribution in [2.75, 3.05) is 0 Å². The summed E-state index contributed by atoms with van der Waals surface area (Å²) in [5.74, 6) is 4.92. The van der Waals surface area contributed by atoms with Gasteiger partial charge in [0.2, 0.25) is 5.91 Å². The number of nitrogens with one attached hydrogen (secondary N) is 1. The van der Waals surface area contributed by atoms with Gasteiger partial charge in [-0.05, 0) is 6.42 Å². The van der Waals surface area contributed by atoms with Crippen molar-refractivity contribution in [2.45, 2.75) is 64.7 Å². The topological polar surface area (TPSA) is 55.1 Å². The maximum Gasteiger partial charge on any atom is 0.233 e. The second-order valence-electron chi connectivity index (χ2n) is 3.79. The quantitative estimate of drug-likeness (QED) is 0.260. The summed E-state index contributed by atoms with van der Waals surface area (Å²) < 4.78 is 0. The van der Waals surface area contributed by atoms with Gasteiger partial charge in [0.15, 0.2) is 0 Å². The maximum atomic E-state index is 10.7. The molecular weight excluding hydrogens is 176 g/mol. The lowest BCUT2D eigenvalue weighted by Gasteiger charge is -2.01. The van der Waals surface area contributed by atoms with Gasteiger partial charge in [0.1, 0.15) is 0 Å². The molecule has 0 aromatic heterocycles. The van der Waals surface area contributed by atoms with Gasteiger partial charge in [0.05, 0.1) is 0 Å². The summed E-state index contributed by atoms with van der Waals surface area (Å²) in [5, 5.41) is 0. The van der Waals surface area contributed by atoms with Gasteiger partial charge in [0.25, 0.3) is 0 Å². The van der Waals surface area contributed by atoms with E-state index in [9.17, 15) is 4.79 Å². The molecule has 0 aliphatic carbocycles. The molecule has 3 nitrogen and oxygen atoms in total. The number of hydrogen-bond donors (Lipinski definition) is 2. The first kappa shape index (κ1) is 13.4. The summed E-state index contributed by atoms with van der Waals surface area (Å²) in [6.45, 7) is 2.23. The summed E-state index contributed by atoms with van der Waals surface area (Å²) in [7, 11) is 0. The van der Waals surface area contributed by atoms with Gasteiger partial charge in [-0.15, -0.1) is 0 Å². The van der Waals surface area contributed by atoms with Crippen LogP contribution in [0.25, 0.3) is 0 Å². The minimum Gasteiger partial charge on any atom is -0.294 e. The van der Waals surface area contributed by atoms with Crippen molar-refractivity contribution in [3.63, 3.8) is 0 Å². The first-order valence-corrected chi connectivity index (χ1v) is 5.80. The minimum atomic E-state index is -0.0454. The Kier molecular flexibility index (Phi) is 10.1. The average molecular weight is 200 g/mol. The van der Waals surface area contributed by atoms with Gasteiger partial charge in [-0.2, -0.15) is 0 Å². The Morgan fingerprint density at radius 1 is 1.00 bits per heavy atom. The van der Waals surface area contributed by atoms with E-state index < -0.39 is 0 Å². The Morgan fingerprint density at radius 2 is 1.50 bits per heavy atom. The smallest absolute Gasteiger partial charge is 0.233 e. The van der Waals surface area contributed by atoms with E-state index in [1.54, 1.807) is 0 Å². The number of unbranched alkanes of at least 4 members (excludes halogenated alkanes) is 7. The molecule has 3 heteroatoms. The molecular formula is C11H24N2O. The van der Waals surface area contributed by atoms with Crippen molar-refractivity contribution in [1.29, 1.82) is 0 Å². The van der Waals surface area contributed by atoms with E-state index in [0.717, 1.165) is 12.8 Å². The predicted molar refractivity (Wildman–Crippen MR) is 59.6 cm³/mol. The Hall–Kier alpha value is -0.570. The summed E-state index contributed by atoms with van der Waals surface area (Å²) >= 11 is 0. The Balaban J connectivity index is 2.95. The molecule has 0 bridgehead atoms. The molecule has 0 aliphatic rings. The molecule has 0 heterocycles. The van der Waals surface area contributed by atoms with E-state index in [2.05, 4.69) is 12.3 Å². The Labute approximate surface area is 87.4 Å². The van der Waals surface area contributed by atoms with Crippen molar-refractivity contribution < 1.29 is 4.79 Å². The zero-order chi connectivity index (χ0) is 10.6. The van der Waals surface area contributed by atoms with Gasteiger partial charge >= 0.3 is 0 Å². The van der Waals surface area contributed by atoms with Crippen LogP contribution in [0.3, 0.4) is 0 Å². The van der Waals surface area contributed by atoms with Crippen LogP contribution in [0.1, 0.15) is 64.7 Å². The molecule has 0 fully saturated rings. The SMILES string of the molecule is CCCCCCCCCCC(=O)NN. The molecule has 0 saturated carbocycles. The molecule has 0 aromatic rings. The summed E-state index contributed by atoms with van der Waals surface area (Å²) in [6.07, 6.45) is 10.6. The fraction of sp³-hybridized carbons (Fsp3) is 0.909. The lowest BCUT2D eigenvalue weighted by Crippen LogP contribution is -2.29. The first-order chi connectivity index (χ1) is 6.81. The monoisotopic (exact) mass is 200 g/mol. The fourth-order valence-corrected chi connectivity index (χ4v) is 1.49. The van der Waals surface area contributed by atoms with E-state index in [1.165, 1.54) is 38.5 Å². The highest BCUT2D eigenvalue weighted by Gasteiger charge is 1.97. The predicted octanol–water partition coefficient (Wildman–Crippen LogP) is 2.51. The third-order valence-electron chi connectivity index (χ3n) is 2.42. The van der Waals surface area contributed by atoms with E-state index in [-0.39, 0.29) is 5.91 Å². The second-order valence-corrected chi connectivity index (χ2v) is 3.79. The third kappa shape index (κ3) is 9.52. The van der Waals surface area contributed by atoms with E-state index >= 15 is 0 Å². The lowest BCUT2D eigenvalue weighted by molar-refractivity contribution is -0.121. The normalized spacial score (nSPS) is 10.1. The van der Waals surface area contributed by atoms with Crippen molar-refractivity contribution in [2.24, 2.45) is 5.84 Å². The van der Waals surface area contributed by atoms with Gasteiger partial charge in [-0.3, -0.25) is 10.2 Å². The maximum absolute atomic E-state index is 10.7. The molecule has 0 radical (unpaired) electrons. The van der Waals surface area contributed by atoms with Crippen molar-refractivity contribution in [3.05, 3.63) is 0 Å². The van der Waals surface area contributed by atoms with Gasteiger partial charge in [-0.25, -0.2) is 5.84 Å². The number of nitrogens with two attached hydrogens (primary N) is 1. The van der Waals surface area contributed by atoms with Crippen LogP contribution < -0.4 is 11.3 Å². The highest BCUT2D eigenvalue weighted by molar-refractivity contribution is 5.74. The summed E-state index contributed by atoms with van der Waals surface area (Å²) in [5.41, 5.74) is 2.14. The van der Waals surface area contributed by atoms with Crippen molar-refractivity contribution in [1.82, 2.24) is 5.43 Å². The van der Waals surface area contributed by atoms with Crippen LogP contribution in [0.15, 0.2) is 0 Å². The van der Waals surface area contributed by atoms with Crippen LogP contribution >= 0.6 is 0 Å². The molecule has 0 aliphatic heterocycles. The number of hydrogen-bond acceptors (Lipinski definition) is 2. The molecule has 0 atom stereocenters. The third-order valence-corrected chi connectivity index (χ3v) is 2.42. The van der Waals surface area contributed by atoms with Crippen LogP contribution in [0, 0.1) is 0 Å². The second kappa shape index (κ2) is 10.5. The Morgan fingerprint density at radius 3 is 2.00 bits per heavy atom. The zero-order valence-corrected chi connectivity index (χ0v) is 9.35. The molecule has 0 saturated heterocycles. The highest BCUT2D eigenvalue weighted by Crippen LogP contribution is 2.09. The van der Waals surface area contributed by atoms with E-state index in [1.807, 2.05) is 0 Å². The van der Waals surface area contributed by atoms with Crippen LogP contribution in [0.4, 0.5) is 0 Å². The number of carbonyl (C=O) groups excluding carboxylic acids is 1. The molecule has 1 amide bonds. The highest BCUT2D eigenvalue weighted by atomic mass is 16.2. The molecule has 84 valence electrons. The largest absolute Gasteiger partial charge is 0.294 e. The molecule has 0 unspecified atom stereocenters. The first-order valence-electron chi connectivity index (χ1n) is 5.80. The zero-order valence-electron chi connectivity index (χ0n) is 9.35. The fourth-order valence-electron chi connectivity index (χ4n) is 1.49. The Bertz CT molecular complexity index is 137. The van der Waals surface area contributed by atoms with Crippen molar-refractivity contribution >= 4 is 5.91 Å². The minimum absolute atomic E-state index is 0.0454. The van der Waals surface area contributed by atoms with Crippen LogP contribution in [0.2, 0.25) is 0 Å². The van der Waals surface area contributed by atoms with Crippen LogP contribution in [0.5, 0.6) is 0 Å². The van der Waals surface area contributed by atoms with Crippen LogP contribution in [-0.4, -0.2) is 5.91 Å². The van der Waals surface area contributed by atoms with Gasteiger partial charge in [0, 0.05) is 6.42 Å². The molecule has 0 spiro atoms. The number of hydrazine groups is 1. The van der Waals surface area contributed by atoms with Gasteiger partial charge < -0.3 is 0 Å². The number of amides is 1. The molecule has 0 aromatic carbocycles. The standard InChI is InChI=1S/C11H24N2O/c1-2-3-4-5-6-7-8-9-10-11(14)13-12/h2-10,12H2,1H3,(H,13,14). The average Bonchev–Trinajstić information content (AvgIpc) is 2.21.